The topological polar surface area (TPSA) is 43.4 Å². The molecule has 0 aliphatic heterocycles. The summed E-state index contributed by atoms with van der Waals surface area (Å²) in [7, 11) is 0. The molecule has 0 spiro atoms. The van der Waals surface area contributed by atoms with Gasteiger partial charge in [-0.2, -0.15) is 0 Å². The van der Waals surface area contributed by atoms with Crippen LogP contribution in [0.4, 0.5) is 0 Å². The molecule has 0 radical (unpaired) electrons. The molecule has 0 aromatic rings. The molecule has 0 bridgehead atoms. The number of esters is 1. The van der Waals surface area contributed by atoms with Crippen molar-refractivity contribution in [2.24, 2.45) is 0 Å². The minimum atomic E-state index is -0.240. The average molecular weight is 268 g/mol. The van der Waals surface area contributed by atoms with Crippen LogP contribution in [-0.4, -0.2) is 18.4 Å². The first-order chi connectivity index (χ1) is 9.24. The van der Waals surface area contributed by atoms with Crippen LogP contribution < -0.4 is 0 Å². The third kappa shape index (κ3) is 11.7. The van der Waals surface area contributed by atoms with Gasteiger partial charge in [0.2, 0.25) is 0 Å². The first-order valence-electron chi connectivity index (χ1n) is 7.56. The van der Waals surface area contributed by atoms with E-state index in [9.17, 15) is 9.59 Å². The Morgan fingerprint density at radius 1 is 1.05 bits per heavy atom. The van der Waals surface area contributed by atoms with Crippen LogP contribution in [0.2, 0.25) is 0 Å². The van der Waals surface area contributed by atoms with Crippen molar-refractivity contribution in [3.05, 3.63) is 12.2 Å². The first-order valence-corrected chi connectivity index (χ1v) is 7.56. The Morgan fingerprint density at radius 3 is 2.37 bits per heavy atom. The van der Waals surface area contributed by atoms with Gasteiger partial charge in [-0.3, -0.25) is 9.59 Å². The van der Waals surface area contributed by atoms with Crippen molar-refractivity contribution in [1.82, 2.24) is 0 Å². The second-order valence-corrected chi connectivity index (χ2v) is 4.86. The SMILES string of the molecule is CCCCCCCCC(C=CC=O)OC(=O)CCC. The van der Waals surface area contributed by atoms with E-state index < -0.39 is 0 Å². The van der Waals surface area contributed by atoms with E-state index in [2.05, 4.69) is 6.92 Å². The van der Waals surface area contributed by atoms with Gasteiger partial charge in [-0.15, -0.1) is 0 Å². The Kier molecular flexibility index (Phi) is 12.5. The van der Waals surface area contributed by atoms with Crippen molar-refractivity contribution in [2.75, 3.05) is 0 Å². The fourth-order valence-corrected chi connectivity index (χ4v) is 1.92. The van der Waals surface area contributed by atoms with Gasteiger partial charge >= 0.3 is 5.97 Å². The normalized spacial score (nSPS) is 12.5. The molecular formula is C16H28O3. The van der Waals surface area contributed by atoms with Gasteiger partial charge in [-0.25, -0.2) is 0 Å². The van der Waals surface area contributed by atoms with Gasteiger partial charge < -0.3 is 4.74 Å². The monoisotopic (exact) mass is 268 g/mol. The summed E-state index contributed by atoms with van der Waals surface area (Å²) in [4.78, 5) is 21.8. The smallest absolute Gasteiger partial charge is 0.306 e. The molecule has 0 fully saturated rings. The molecule has 0 amide bonds. The van der Waals surface area contributed by atoms with Crippen LogP contribution in [0.1, 0.15) is 71.6 Å². The highest BCUT2D eigenvalue weighted by molar-refractivity contribution is 5.70. The average Bonchev–Trinajstić information content (AvgIpc) is 2.39. The number of hydrogen-bond acceptors (Lipinski definition) is 3. The van der Waals surface area contributed by atoms with Gasteiger partial charge in [0.1, 0.15) is 12.4 Å². The molecular weight excluding hydrogens is 240 g/mol. The molecule has 0 saturated heterocycles. The van der Waals surface area contributed by atoms with E-state index in [1.165, 1.54) is 31.8 Å². The van der Waals surface area contributed by atoms with E-state index in [-0.39, 0.29) is 12.1 Å². The molecule has 1 unspecified atom stereocenters. The summed E-state index contributed by atoms with van der Waals surface area (Å²) in [5, 5.41) is 0. The van der Waals surface area contributed by atoms with Crippen LogP contribution in [0.15, 0.2) is 12.2 Å². The van der Waals surface area contributed by atoms with E-state index in [1.54, 1.807) is 6.08 Å². The number of unbranched alkanes of at least 4 members (excludes halogenated alkanes) is 5. The Labute approximate surface area is 117 Å². The molecule has 19 heavy (non-hydrogen) atoms. The van der Waals surface area contributed by atoms with Crippen molar-refractivity contribution in [3.63, 3.8) is 0 Å². The molecule has 3 nitrogen and oxygen atoms in total. The highest BCUT2D eigenvalue weighted by Gasteiger charge is 2.10. The number of carbonyl (C=O) groups excluding carboxylic acids is 2. The van der Waals surface area contributed by atoms with Gasteiger partial charge in [-0.1, -0.05) is 46.0 Å². The lowest BCUT2D eigenvalue weighted by molar-refractivity contribution is -0.147. The molecule has 0 aliphatic carbocycles. The Hall–Kier alpha value is -1.12. The molecule has 0 heterocycles. The lowest BCUT2D eigenvalue weighted by Gasteiger charge is -2.14. The van der Waals surface area contributed by atoms with Crippen LogP contribution in [-0.2, 0) is 14.3 Å². The summed E-state index contributed by atoms with van der Waals surface area (Å²) < 4.78 is 5.34. The van der Waals surface area contributed by atoms with Crippen molar-refractivity contribution >= 4 is 12.3 Å². The summed E-state index contributed by atoms with van der Waals surface area (Å²) in [6.07, 6.45) is 12.9. The molecule has 1 atom stereocenters. The van der Waals surface area contributed by atoms with Gasteiger partial charge in [-0.05, 0) is 31.4 Å². The molecule has 0 rings (SSSR count). The van der Waals surface area contributed by atoms with Gasteiger partial charge in [0.05, 0.1) is 0 Å². The number of carbonyl (C=O) groups is 2. The standard InChI is InChI=1S/C16H28O3/c1-3-5-6-7-8-9-12-15(13-10-14-17)19-16(18)11-4-2/h10,13-15H,3-9,11-12H2,1-2H3. The molecule has 0 aliphatic rings. The fourth-order valence-electron chi connectivity index (χ4n) is 1.92. The van der Waals surface area contributed by atoms with Crippen LogP contribution in [0.3, 0.4) is 0 Å². The van der Waals surface area contributed by atoms with E-state index in [1.807, 2.05) is 6.92 Å². The molecule has 0 aromatic carbocycles. The van der Waals surface area contributed by atoms with Crippen molar-refractivity contribution < 1.29 is 14.3 Å². The van der Waals surface area contributed by atoms with Crippen molar-refractivity contribution in [3.8, 4) is 0 Å². The molecule has 3 heteroatoms. The van der Waals surface area contributed by atoms with Crippen molar-refractivity contribution in [2.45, 2.75) is 77.7 Å². The highest BCUT2D eigenvalue weighted by Crippen LogP contribution is 2.12. The van der Waals surface area contributed by atoms with Crippen LogP contribution in [0.5, 0.6) is 0 Å². The maximum absolute atomic E-state index is 11.4. The molecule has 110 valence electrons. The number of ether oxygens (including phenoxy) is 1. The van der Waals surface area contributed by atoms with Gasteiger partial charge in [0, 0.05) is 6.42 Å². The van der Waals surface area contributed by atoms with E-state index in [0.29, 0.717) is 6.42 Å². The lowest BCUT2D eigenvalue weighted by Crippen LogP contribution is -2.15. The van der Waals surface area contributed by atoms with E-state index in [4.69, 9.17) is 4.74 Å². The zero-order valence-corrected chi connectivity index (χ0v) is 12.4. The van der Waals surface area contributed by atoms with Crippen molar-refractivity contribution in [1.29, 1.82) is 0 Å². The molecule has 0 aromatic heterocycles. The summed E-state index contributed by atoms with van der Waals surface area (Å²) in [6, 6.07) is 0. The number of hydrogen-bond donors (Lipinski definition) is 0. The molecule has 0 N–H and O–H groups in total. The fraction of sp³-hybridized carbons (Fsp3) is 0.750. The van der Waals surface area contributed by atoms with Gasteiger partial charge in [0.15, 0.2) is 0 Å². The maximum atomic E-state index is 11.4. The summed E-state index contributed by atoms with van der Waals surface area (Å²) in [5.74, 6) is -0.172. The second-order valence-electron chi connectivity index (χ2n) is 4.86. The van der Waals surface area contributed by atoms with E-state index in [0.717, 1.165) is 32.0 Å². The number of rotatable bonds is 12. The number of allylic oxidation sites excluding steroid dienone is 1. The summed E-state index contributed by atoms with van der Waals surface area (Å²) in [6.45, 7) is 4.15. The first kappa shape index (κ1) is 17.9. The second kappa shape index (κ2) is 13.3. The maximum Gasteiger partial charge on any atom is 0.306 e. The third-order valence-corrected chi connectivity index (χ3v) is 2.98. The zero-order chi connectivity index (χ0) is 14.3. The van der Waals surface area contributed by atoms with Gasteiger partial charge in [0.25, 0.3) is 0 Å². The zero-order valence-electron chi connectivity index (χ0n) is 12.4. The Morgan fingerprint density at radius 2 is 1.74 bits per heavy atom. The van der Waals surface area contributed by atoms with E-state index >= 15 is 0 Å². The lowest BCUT2D eigenvalue weighted by atomic mass is 10.1. The third-order valence-electron chi connectivity index (χ3n) is 2.98. The van der Waals surface area contributed by atoms with Crippen LogP contribution in [0, 0.1) is 0 Å². The quantitative estimate of drug-likeness (QED) is 0.230. The predicted molar refractivity (Wildman–Crippen MR) is 78.0 cm³/mol. The Balaban J connectivity index is 3.89. The number of aldehydes is 1. The van der Waals surface area contributed by atoms with Crippen LogP contribution >= 0.6 is 0 Å². The summed E-state index contributed by atoms with van der Waals surface area (Å²) in [5.41, 5.74) is 0. The predicted octanol–water partition coefficient (Wildman–Crippen LogP) is 4.20. The van der Waals surface area contributed by atoms with Crippen LogP contribution in [0.25, 0.3) is 0 Å². The summed E-state index contributed by atoms with van der Waals surface area (Å²) >= 11 is 0. The highest BCUT2D eigenvalue weighted by atomic mass is 16.5. The minimum Gasteiger partial charge on any atom is -0.458 e. The largest absolute Gasteiger partial charge is 0.458 e. The minimum absolute atomic E-state index is 0.172. The molecule has 0 saturated carbocycles. The Bertz CT molecular complexity index is 259.